The zero-order valence-corrected chi connectivity index (χ0v) is 10.8. The lowest BCUT2D eigenvalue weighted by atomic mass is 10.2. The fraction of sp³-hybridized carbons (Fsp3) is 0.500. The highest BCUT2D eigenvalue weighted by Gasteiger charge is 2.27. The Hall–Kier alpha value is -1.63. The average molecular weight is 278 g/mol. The second-order valence-electron chi connectivity index (χ2n) is 4.13. The summed E-state index contributed by atoms with van der Waals surface area (Å²) in [6.07, 6.45) is -4.32. The van der Waals surface area contributed by atoms with Crippen molar-refractivity contribution >= 4 is 11.4 Å². The van der Waals surface area contributed by atoms with Crippen LogP contribution in [0.3, 0.4) is 0 Å². The molecule has 0 aliphatic carbocycles. The first-order valence-corrected chi connectivity index (χ1v) is 5.64. The van der Waals surface area contributed by atoms with Crippen LogP contribution in [0, 0.1) is 0 Å². The minimum atomic E-state index is -4.32. The summed E-state index contributed by atoms with van der Waals surface area (Å²) in [6, 6.07) is 5.22. The zero-order valence-electron chi connectivity index (χ0n) is 10.8. The van der Waals surface area contributed by atoms with Crippen molar-refractivity contribution in [1.29, 1.82) is 0 Å². The van der Waals surface area contributed by atoms with Gasteiger partial charge in [-0.3, -0.25) is 0 Å². The van der Waals surface area contributed by atoms with Gasteiger partial charge in [-0.1, -0.05) is 0 Å². The van der Waals surface area contributed by atoms with Crippen molar-refractivity contribution in [2.24, 2.45) is 0 Å². The largest absolute Gasteiger partial charge is 0.489 e. The van der Waals surface area contributed by atoms with Gasteiger partial charge < -0.3 is 20.1 Å². The lowest BCUT2D eigenvalue weighted by Crippen LogP contribution is -2.19. The van der Waals surface area contributed by atoms with Crippen molar-refractivity contribution in [2.45, 2.75) is 6.18 Å². The van der Waals surface area contributed by atoms with Crippen LogP contribution in [0.25, 0.3) is 0 Å². The Kier molecular flexibility index (Phi) is 5.29. The van der Waals surface area contributed by atoms with Crippen LogP contribution >= 0.6 is 0 Å². The van der Waals surface area contributed by atoms with E-state index >= 15 is 0 Å². The van der Waals surface area contributed by atoms with E-state index < -0.39 is 12.8 Å². The fourth-order valence-electron chi connectivity index (χ4n) is 1.32. The van der Waals surface area contributed by atoms with E-state index in [2.05, 4.69) is 4.74 Å². The molecule has 7 heteroatoms. The molecule has 0 atom stereocenters. The predicted molar refractivity (Wildman–Crippen MR) is 67.6 cm³/mol. The molecule has 0 radical (unpaired) electrons. The Morgan fingerprint density at radius 2 is 1.89 bits per heavy atom. The van der Waals surface area contributed by atoms with Gasteiger partial charge in [-0.25, -0.2) is 0 Å². The minimum Gasteiger partial charge on any atom is -0.489 e. The fourth-order valence-corrected chi connectivity index (χ4v) is 1.32. The monoisotopic (exact) mass is 278 g/mol. The maximum atomic E-state index is 11.8. The molecule has 19 heavy (non-hydrogen) atoms. The summed E-state index contributed by atoms with van der Waals surface area (Å²) in [7, 11) is 3.73. The van der Waals surface area contributed by atoms with E-state index in [0.717, 1.165) is 5.69 Å². The summed E-state index contributed by atoms with van der Waals surface area (Å²) >= 11 is 0. The first kappa shape index (κ1) is 15.4. The molecule has 0 amide bonds. The van der Waals surface area contributed by atoms with Crippen LogP contribution in [-0.4, -0.2) is 40.1 Å². The zero-order chi connectivity index (χ0) is 14.5. The lowest BCUT2D eigenvalue weighted by molar-refractivity contribution is -0.175. The van der Waals surface area contributed by atoms with E-state index in [9.17, 15) is 13.2 Å². The molecule has 4 nitrogen and oxygen atoms in total. The Morgan fingerprint density at radius 1 is 1.21 bits per heavy atom. The number of nitrogen functional groups attached to an aromatic ring is 1. The van der Waals surface area contributed by atoms with Crippen molar-refractivity contribution in [1.82, 2.24) is 0 Å². The Morgan fingerprint density at radius 3 is 2.47 bits per heavy atom. The van der Waals surface area contributed by atoms with Gasteiger partial charge in [-0.2, -0.15) is 13.2 Å². The highest BCUT2D eigenvalue weighted by molar-refractivity contribution is 5.61. The maximum Gasteiger partial charge on any atom is 0.411 e. The number of alkyl halides is 3. The molecule has 1 aromatic rings. The third-order valence-corrected chi connectivity index (χ3v) is 2.26. The third-order valence-electron chi connectivity index (χ3n) is 2.26. The molecule has 0 saturated heterocycles. The van der Waals surface area contributed by atoms with Crippen LogP contribution < -0.4 is 15.4 Å². The van der Waals surface area contributed by atoms with Crippen LogP contribution in [-0.2, 0) is 4.74 Å². The molecular formula is C12H17F3N2O2. The van der Waals surface area contributed by atoms with Gasteiger partial charge in [0.1, 0.15) is 19.0 Å². The number of anilines is 2. The molecule has 108 valence electrons. The van der Waals surface area contributed by atoms with E-state index in [4.69, 9.17) is 10.5 Å². The topological polar surface area (TPSA) is 47.7 Å². The number of ether oxygens (including phenoxy) is 2. The highest BCUT2D eigenvalue weighted by Crippen LogP contribution is 2.26. The number of hydrogen-bond donors (Lipinski definition) is 1. The van der Waals surface area contributed by atoms with Gasteiger partial charge in [0.2, 0.25) is 0 Å². The summed E-state index contributed by atoms with van der Waals surface area (Å²) in [4.78, 5) is 1.87. The first-order chi connectivity index (χ1) is 8.79. The van der Waals surface area contributed by atoms with Crippen LogP contribution in [0.5, 0.6) is 5.75 Å². The number of nitrogens with two attached hydrogens (primary N) is 1. The molecule has 0 aliphatic rings. The molecule has 1 aromatic carbocycles. The second kappa shape index (κ2) is 6.51. The van der Waals surface area contributed by atoms with Crippen molar-refractivity contribution in [3.05, 3.63) is 18.2 Å². The molecule has 0 spiro atoms. The molecule has 0 heterocycles. The second-order valence-corrected chi connectivity index (χ2v) is 4.13. The van der Waals surface area contributed by atoms with E-state index in [-0.39, 0.29) is 13.2 Å². The molecule has 0 aromatic heterocycles. The van der Waals surface area contributed by atoms with Gasteiger partial charge >= 0.3 is 6.18 Å². The van der Waals surface area contributed by atoms with Crippen molar-refractivity contribution in [3.8, 4) is 5.75 Å². The first-order valence-electron chi connectivity index (χ1n) is 5.64. The molecule has 0 unspecified atom stereocenters. The van der Waals surface area contributed by atoms with Crippen LogP contribution in [0.15, 0.2) is 18.2 Å². The van der Waals surface area contributed by atoms with E-state index in [0.29, 0.717) is 11.4 Å². The van der Waals surface area contributed by atoms with Gasteiger partial charge in [-0.05, 0) is 12.1 Å². The average Bonchev–Trinajstić information content (AvgIpc) is 2.29. The summed E-state index contributed by atoms with van der Waals surface area (Å²) < 4.78 is 45.2. The predicted octanol–water partition coefficient (Wildman–Crippen LogP) is 2.29. The van der Waals surface area contributed by atoms with E-state index in [1.54, 1.807) is 12.1 Å². The Bertz CT molecular complexity index is 408. The molecule has 1 rings (SSSR count). The molecular weight excluding hydrogens is 261 g/mol. The van der Waals surface area contributed by atoms with E-state index in [1.807, 2.05) is 25.1 Å². The highest BCUT2D eigenvalue weighted by atomic mass is 19.4. The number of hydrogen-bond acceptors (Lipinski definition) is 4. The summed E-state index contributed by atoms with van der Waals surface area (Å²) in [5.41, 5.74) is 7.03. The standard InChI is InChI=1S/C12H17F3N2O2/c1-17(2)9-3-4-10(16)11(7-9)19-6-5-18-8-12(13,14)15/h3-4,7H,5-6,8,16H2,1-2H3. The Labute approximate surface area is 109 Å². The van der Waals surface area contributed by atoms with Crippen molar-refractivity contribution < 1.29 is 22.6 Å². The molecule has 0 fully saturated rings. The Balaban J connectivity index is 2.42. The normalized spacial score (nSPS) is 11.4. The quantitative estimate of drug-likeness (QED) is 0.640. The number of rotatable bonds is 6. The van der Waals surface area contributed by atoms with Gasteiger partial charge in [0.15, 0.2) is 0 Å². The van der Waals surface area contributed by atoms with Gasteiger partial charge in [0.05, 0.1) is 12.3 Å². The third kappa shape index (κ3) is 5.69. The van der Waals surface area contributed by atoms with Gasteiger partial charge in [-0.15, -0.1) is 0 Å². The van der Waals surface area contributed by atoms with Crippen molar-refractivity contribution in [2.75, 3.05) is 44.5 Å². The summed E-state index contributed by atoms with van der Waals surface area (Å²) in [5, 5.41) is 0. The van der Waals surface area contributed by atoms with Gasteiger partial charge in [0.25, 0.3) is 0 Å². The smallest absolute Gasteiger partial charge is 0.411 e. The summed E-state index contributed by atoms with van der Waals surface area (Å²) in [6.45, 7) is -1.41. The minimum absolute atomic E-state index is 0.0111. The van der Waals surface area contributed by atoms with E-state index in [1.165, 1.54) is 0 Å². The van der Waals surface area contributed by atoms with Crippen molar-refractivity contribution in [3.63, 3.8) is 0 Å². The lowest BCUT2D eigenvalue weighted by Gasteiger charge is -2.16. The van der Waals surface area contributed by atoms with Crippen LogP contribution in [0.2, 0.25) is 0 Å². The number of benzene rings is 1. The molecule has 0 bridgehead atoms. The molecule has 0 aliphatic heterocycles. The number of nitrogens with zero attached hydrogens (tertiary/aromatic N) is 1. The SMILES string of the molecule is CN(C)c1ccc(N)c(OCCOCC(F)(F)F)c1. The van der Waals surface area contributed by atoms with Crippen LogP contribution in [0.4, 0.5) is 24.5 Å². The number of halogens is 3. The molecule has 0 saturated carbocycles. The maximum absolute atomic E-state index is 11.8. The summed E-state index contributed by atoms with van der Waals surface area (Å²) in [5.74, 6) is 0.432. The molecule has 2 N–H and O–H groups in total. The van der Waals surface area contributed by atoms with Crippen LogP contribution in [0.1, 0.15) is 0 Å². The van der Waals surface area contributed by atoms with Gasteiger partial charge in [0, 0.05) is 25.8 Å².